The van der Waals surface area contributed by atoms with Gasteiger partial charge >= 0.3 is 12.1 Å². The van der Waals surface area contributed by atoms with Crippen LogP contribution in [-0.2, 0) is 25.7 Å². The van der Waals surface area contributed by atoms with Gasteiger partial charge in [-0.25, -0.2) is 4.79 Å². The molecule has 0 radical (unpaired) electrons. The number of fused-ring (bicyclic) bond motifs is 1. The molecule has 0 aromatic heterocycles. The Bertz CT molecular complexity index is 1010. The Morgan fingerprint density at radius 1 is 0.970 bits per heavy atom. The first-order valence-corrected chi connectivity index (χ1v) is 10.7. The SMILES string of the molecule is CC(CC(=O)NCc1cccc2ccccc12)NC(=O)C(CC(=O)O)NC(=O)OC(C)(C)C. The minimum Gasteiger partial charge on any atom is -0.481 e. The molecule has 0 aliphatic heterocycles. The fourth-order valence-electron chi connectivity index (χ4n) is 3.22. The van der Waals surface area contributed by atoms with Crippen molar-refractivity contribution >= 4 is 34.6 Å². The zero-order chi connectivity index (χ0) is 24.6. The first-order valence-electron chi connectivity index (χ1n) is 10.7. The molecule has 2 unspecified atom stereocenters. The third kappa shape index (κ3) is 8.80. The number of carboxylic acids is 1. The lowest BCUT2D eigenvalue weighted by Crippen LogP contribution is -2.51. The predicted molar refractivity (Wildman–Crippen MR) is 123 cm³/mol. The van der Waals surface area contributed by atoms with Gasteiger partial charge in [0.05, 0.1) is 6.42 Å². The molecule has 0 fully saturated rings. The summed E-state index contributed by atoms with van der Waals surface area (Å²) in [5.74, 6) is -2.24. The maximum Gasteiger partial charge on any atom is 0.408 e. The van der Waals surface area contributed by atoms with Crippen LogP contribution >= 0.6 is 0 Å². The average Bonchev–Trinajstić information content (AvgIpc) is 2.69. The fourth-order valence-corrected chi connectivity index (χ4v) is 3.22. The lowest BCUT2D eigenvalue weighted by Gasteiger charge is -2.23. The highest BCUT2D eigenvalue weighted by Gasteiger charge is 2.27. The molecule has 0 aliphatic rings. The van der Waals surface area contributed by atoms with Gasteiger partial charge in [0.15, 0.2) is 0 Å². The van der Waals surface area contributed by atoms with E-state index >= 15 is 0 Å². The van der Waals surface area contributed by atoms with Crippen molar-refractivity contribution in [2.24, 2.45) is 0 Å². The highest BCUT2D eigenvalue weighted by molar-refractivity contribution is 5.90. The number of aliphatic carboxylic acids is 1. The Labute approximate surface area is 192 Å². The van der Waals surface area contributed by atoms with Crippen molar-refractivity contribution in [2.45, 2.75) is 64.8 Å². The van der Waals surface area contributed by atoms with Gasteiger partial charge in [-0.1, -0.05) is 42.5 Å². The van der Waals surface area contributed by atoms with Crippen LogP contribution in [-0.4, -0.2) is 46.7 Å². The Kier molecular flexibility index (Phi) is 8.78. The number of amides is 3. The monoisotopic (exact) mass is 457 g/mol. The van der Waals surface area contributed by atoms with Crippen LogP contribution in [0, 0.1) is 0 Å². The van der Waals surface area contributed by atoms with Crippen LogP contribution < -0.4 is 16.0 Å². The molecule has 178 valence electrons. The van der Waals surface area contributed by atoms with E-state index in [2.05, 4.69) is 16.0 Å². The Balaban J connectivity index is 1.90. The van der Waals surface area contributed by atoms with Crippen molar-refractivity contribution in [2.75, 3.05) is 0 Å². The second-order valence-electron chi connectivity index (χ2n) is 8.83. The van der Waals surface area contributed by atoms with Crippen molar-refractivity contribution < 1.29 is 29.0 Å². The fraction of sp³-hybridized carbons (Fsp3) is 0.417. The van der Waals surface area contributed by atoms with E-state index in [-0.39, 0.29) is 12.3 Å². The van der Waals surface area contributed by atoms with E-state index in [1.807, 2.05) is 42.5 Å². The van der Waals surface area contributed by atoms with Crippen LogP contribution in [0.5, 0.6) is 0 Å². The largest absolute Gasteiger partial charge is 0.481 e. The summed E-state index contributed by atoms with van der Waals surface area (Å²) < 4.78 is 5.09. The Hall–Kier alpha value is -3.62. The van der Waals surface area contributed by atoms with Gasteiger partial charge in [-0.05, 0) is 44.0 Å². The normalized spacial score (nSPS) is 13.0. The van der Waals surface area contributed by atoms with Crippen molar-refractivity contribution in [3.8, 4) is 0 Å². The number of ether oxygens (including phenoxy) is 1. The number of carbonyl (C=O) groups is 4. The summed E-state index contributed by atoms with van der Waals surface area (Å²) in [5, 5.41) is 18.9. The standard InChI is InChI=1S/C24H31N3O6/c1-15(26-22(31)19(13-21(29)30)27-23(32)33-24(2,3)4)12-20(28)25-14-17-10-7-9-16-8-5-6-11-18(16)17/h5-11,15,19H,12-14H2,1-4H3,(H,25,28)(H,26,31)(H,27,32)(H,29,30). The number of nitrogens with one attached hydrogen (secondary N) is 3. The van der Waals surface area contributed by atoms with Gasteiger partial charge in [-0.2, -0.15) is 0 Å². The molecule has 2 rings (SSSR count). The van der Waals surface area contributed by atoms with Gasteiger partial charge in [0.1, 0.15) is 11.6 Å². The van der Waals surface area contributed by atoms with Gasteiger partial charge in [0.25, 0.3) is 0 Å². The molecule has 0 spiro atoms. The molecule has 3 amide bonds. The minimum absolute atomic E-state index is 0.0112. The summed E-state index contributed by atoms with van der Waals surface area (Å²) in [5.41, 5.74) is 0.172. The zero-order valence-corrected chi connectivity index (χ0v) is 19.3. The minimum atomic E-state index is -1.33. The molecular weight excluding hydrogens is 426 g/mol. The second-order valence-corrected chi connectivity index (χ2v) is 8.83. The van der Waals surface area contributed by atoms with Crippen molar-refractivity contribution in [3.05, 3.63) is 48.0 Å². The summed E-state index contributed by atoms with van der Waals surface area (Å²) in [4.78, 5) is 48.0. The molecule has 0 saturated carbocycles. The van der Waals surface area contributed by atoms with E-state index in [1.165, 1.54) is 0 Å². The van der Waals surface area contributed by atoms with E-state index in [4.69, 9.17) is 9.84 Å². The number of alkyl carbamates (subject to hydrolysis) is 1. The highest BCUT2D eigenvalue weighted by atomic mass is 16.6. The third-order valence-corrected chi connectivity index (χ3v) is 4.62. The number of carbonyl (C=O) groups excluding carboxylic acids is 3. The molecule has 0 heterocycles. The third-order valence-electron chi connectivity index (χ3n) is 4.62. The molecule has 0 bridgehead atoms. The number of hydrogen-bond acceptors (Lipinski definition) is 5. The molecule has 4 N–H and O–H groups in total. The summed E-state index contributed by atoms with van der Waals surface area (Å²) >= 11 is 0. The number of carboxylic acid groups (broad SMARTS) is 1. The van der Waals surface area contributed by atoms with E-state index in [1.54, 1.807) is 27.7 Å². The lowest BCUT2D eigenvalue weighted by molar-refractivity contribution is -0.140. The van der Waals surface area contributed by atoms with Crippen LogP contribution in [0.2, 0.25) is 0 Å². The quantitative estimate of drug-likeness (QED) is 0.457. The first kappa shape index (κ1) is 25.6. The second kappa shape index (κ2) is 11.3. The molecule has 9 heteroatoms. The maximum atomic E-state index is 12.5. The number of rotatable bonds is 9. The Morgan fingerprint density at radius 3 is 2.30 bits per heavy atom. The van der Waals surface area contributed by atoms with Crippen LogP contribution in [0.1, 0.15) is 46.1 Å². The highest BCUT2D eigenvalue weighted by Crippen LogP contribution is 2.18. The molecule has 33 heavy (non-hydrogen) atoms. The van der Waals surface area contributed by atoms with Gasteiger partial charge < -0.3 is 25.8 Å². The van der Waals surface area contributed by atoms with Crippen LogP contribution in [0.15, 0.2) is 42.5 Å². The average molecular weight is 458 g/mol. The van der Waals surface area contributed by atoms with Crippen molar-refractivity contribution in [1.29, 1.82) is 0 Å². The van der Waals surface area contributed by atoms with Crippen LogP contribution in [0.3, 0.4) is 0 Å². The summed E-state index contributed by atoms with van der Waals surface area (Å²) in [6.07, 6.45) is -1.53. The number of benzene rings is 2. The predicted octanol–water partition coefficient (Wildman–Crippen LogP) is 2.72. The van der Waals surface area contributed by atoms with Crippen molar-refractivity contribution in [1.82, 2.24) is 16.0 Å². The lowest BCUT2D eigenvalue weighted by atomic mass is 10.0. The van der Waals surface area contributed by atoms with E-state index in [0.717, 1.165) is 16.3 Å². The summed E-state index contributed by atoms with van der Waals surface area (Å²) in [6.45, 7) is 6.91. The number of hydrogen-bond donors (Lipinski definition) is 4. The van der Waals surface area contributed by atoms with Crippen molar-refractivity contribution in [3.63, 3.8) is 0 Å². The topological polar surface area (TPSA) is 134 Å². The van der Waals surface area contributed by atoms with Crippen LogP contribution in [0.4, 0.5) is 4.79 Å². The first-order chi connectivity index (χ1) is 15.4. The van der Waals surface area contributed by atoms with Gasteiger partial charge in [-0.3, -0.25) is 14.4 Å². The van der Waals surface area contributed by atoms with E-state index in [9.17, 15) is 19.2 Å². The van der Waals surface area contributed by atoms with E-state index in [0.29, 0.717) is 6.54 Å². The summed E-state index contributed by atoms with van der Waals surface area (Å²) in [7, 11) is 0. The molecule has 0 saturated heterocycles. The zero-order valence-electron chi connectivity index (χ0n) is 19.3. The van der Waals surface area contributed by atoms with E-state index < -0.39 is 42.1 Å². The molecule has 9 nitrogen and oxygen atoms in total. The molecule has 0 aliphatic carbocycles. The molecule has 2 aromatic carbocycles. The maximum absolute atomic E-state index is 12.5. The van der Waals surface area contributed by atoms with Gasteiger partial charge in [-0.15, -0.1) is 0 Å². The summed E-state index contributed by atoms with van der Waals surface area (Å²) in [6, 6.07) is 11.8. The molecule has 2 aromatic rings. The smallest absolute Gasteiger partial charge is 0.408 e. The van der Waals surface area contributed by atoms with Crippen LogP contribution in [0.25, 0.3) is 10.8 Å². The molecular formula is C24H31N3O6. The molecule has 2 atom stereocenters. The Morgan fingerprint density at radius 2 is 1.64 bits per heavy atom. The van der Waals surface area contributed by atoms with Gasteiger partial charge in [0.2, 0.25) is 11.8 Å². The van der Waals surface area contributed by atoms with Gasteiger partial charge in [0, 0.05) is 19.0 Å².